The van der Waals surface area contributed by atoms with Crippen molar-refractivity contribution in [2.75, 3.05) is 4.90 Å². The van der Waals surface area contributed by atoms with Crippen LogP contribution in [-0.4, -0.2) is 33.5 Å². The van der Waals surface area contributed by atoms with Crippen LogP contribution in [0.2, 0.25) is 0 Å². The summed E-state index contributed by atoms with van der Waals surface area (Å²) in [6.45, 7) is 5.46. The second-order valence-electron chi connectivity index (χ2n) is 7.78. The molecule has 0 aliphatic carbocycles. The number of carbonyl (C=O) groups excluding carboxylic acids is 3. The lowest BCUT2D eigenvalue weighted by Gasteiger charge is -2.26. The number of amides is 4. The highest BCUT2D eigenvalue weighted by atomic mass is 16.4. The Morgan fingerprint density at radius 1 is 0.970 bits per heavy atom. The zero-order valence-corrected chi connectivity index (χ0v) is 18.2. The van der Waals surface area contributed by atoms with Gasteiger partial charge < -0.3 is 9.67 Å². The topological polar surface area (TPSA) is 109 Å². The quantitative estimate of drug-likeness (QED) is 0.471. The lowest BCUT2D eigenvalue weighted by molar-refractivity contribution is -0.122. The van der Waals surface area contributed by atoms with E-state index in [1.807, 2.05) is 6.92 Å². The molecule has 0 bridgehead atoms. The van der Waals surface area contributed by atoms with Crippen LogP contribution in [-0.2, 0) is 9.59 Å². The zero-order chi connectivity index (χ0) is 23.9. The van der Waals surface area contributed by atoms with Gasteiger partial charge in [0.15, 0.2) is 0 Å². The van der Waals surface area contributed by atoms with Crippen molar-refractivity contribution in [3.05, 3.63) is 88.2 Å². The van der Waals surface area contributed by atoms with Crippen molar-refractivity contribution in [2.24, 2.45) is 0 Å². The summed E-state index contributed by atoms with van der Waals surface area (Å²) >= 11 is 0. The predicted octanol–water partition coefficient (Wildman–Crippen LogP) is 3.77. The van der Waals surface area contributed by atoms with Gasteiger partial charge in [-0.2, -0.15) is 0 Å². The maximum absolute atomic E-state index is 13.1. The summed E-state index contributed by atoms with van der Waals surface area (Å²) in [6, 6.07) is 14.3. The van der Waals surface area contributed by atoms with Crippen molar-refractivity contribution in [1.82, 2.24) is 9.88 Å². The third-order valence-corrected chi connectivity index (χ3v) is 5.54. The van der Waals surface area contributed by atoms with E-state index in [0.717, 1.165) is 16.2 Å². The number of rotatable bonds is 4. The monoisotopic (exact) mass is 443 g/mol. The second kappa shape index (κ2) is 8.23. The van der Waals surface area contributed by atoms with E-state index in [2.05, 4.69) is 5.32 Å². The Labute approximate surface area is 189 Å². The number of nitrogens with one attached hydrogen (secondary N) is 1. The average molecular weight is 443 g/mol. The van der Waals surface area contributed by atoms with E-state index in [1.54, 1.807) is 66.9 Å². The molecule has 1 fully saturated rings. The van der Waals surface area contributed by atoms with Crippen LogP contribution >= 0.6 is 0 Å². The third-order valence-electron chi connectivity index (χ3n) is 5.54. The maximum Gasteiger partial charge on any atom is 0.337 e. The molecule has 2 heterocycles. The lowest BCUT2D eigenvalue weighted by atomic mass is 10.1. The molecule has 0 unspecified atom stereocenters. The van der Waals surface area contributed by atoms with Crippen LogP contribution < -0.4 is 10.2 Å². The molecule has 33 heavy (non-hydrogen) atoms. The number of barbiturate groups is 1. The number of carboxylic acids is 1. The van der Waals surface area contributed by atoms with Crippen LogP contribution in [0, 0.1) is 20.8 Å². The fourth-order valence-corrected chi connectivity index (χ4v) is 3.90. The van der Waals surface area contributed by atoms with Gasteiger partial charge in [0, 0.05) is 11.4 Å². The summed E-state index contributed by atoms with van der Waals surface area (Å²) in [5.74, 6) is -2.58. The summed E-state index contributed by atoms with van der Waals surface area (Å²) in [5.41, 5.74) is 3.65. The highest BCUT2D eigenvalue weighted by Gasteiger charge is 2.37. The SMILES string of the molecule is Cc1ccc(N2C(=O)NC(=O)/C(=C\c3cc(C)n(-c4ccccc4C(=O)O)c3C)C2=O)cc1. The minimum atomic E-state index is -1.06. The number of aromatic nitrogens is 1. The van der Waals surface area contributed by atoms with E-state index >= 15 is 0 Å². The van der Waals surface area contributed by atoms with E-state index in [1.165, 1.54) is 12.1 Å². The molecule has 1 aliphatic rings. The molecular formula is C25H21N3O5. The Morgan fingerprint density at radius 3 is 2.30 bits per heavy atom. The number of anilines is 1. The molecule has 8 heteroatoms. The average Bonchev–Trinajstić information content (AvgIpc) is 3.05. The Morgan fingerprint density at radius 2 is 1.64 bits per heavy atom. The summed E-state index contributed by atoms with van der Waals surface area (Å²) in [4.78, 5) is 50.7. The van der Waals surface area contributed by atoms with Gasteiger partial charge in [0.1, 0.15) is 5.57 Å². The smallest absolute Gasteiger partial charge is 0.337 e. The Hall–Kier alpha value is -4.46. The summed E-state index contributed by atoms with van der Waals surface area (Å²) in [7, 11) is 0. The number of carbonyl (C=O) groups is 4. The van der Waals surface area contributed by atoms with Crippen LogP contribution in [0.25, 0.3) is 11.8 Å². The van der Waals surface area contributed by atoms with Crippen molar-refractivity contribution in [3.63, 3.8) is 0 Å². The van der Waals surface area contributed by atoms with Crippen LogP contribution in [0.3, 0.4) is 0 Å². The minimum Gasteiger partial charge on any atom is -0.478 e. The maximum atomic E-state index is 13.1. The second-order valence-corrected chi connectivity index (χ2v) is 7.78. The van der Waals surface area contributed by atoms with Gasteiger partial charge in [-0.15, -0.1) is 0 Å². The fraction of sp³-hybridized carbons (Fsp3) is 0.120. The van der Waals surface area contributed by atoms with Crippen molar-refractivity contribution in [2.45, 2.75) is 20.8 Å². The van der Waals surface area contributed by atoms with E-state index in [-0.39, 0.29) is 11.1 Å². The Bertz CT molecular complexity index is 1350. The number of urea groups is 1. The van der Waals surface area contributed by atoms with Crippen LogP contribution in [0.4, 0.5) is 10.5 Å². The number of nitrogens with zero attached hydrogens (tertiary/aromatic N) is 2. The molecule has 1 aromatic heterocycles. The van der Waals surface area contributed by atoms with Crippen molar-refractivity contribution in [3.8, 4) is 5.69 Å². The van der Waals surface area contributed by atoms with Gasteiger partial charge in [-0.3, -0.25) is 14.9 Å². The minimum absolute atomic E-state index is 0.126. The molecule has 2 aromatic carbocycles. The number of hydrogen-bond donors (Lipinski definition) is 2. The molecule has 0 saturated carbocycles. The van der Waals surface area contributed by atoms with Gasteiger partial charge in [-0.25, -0.2) is 14.5 Å². The first kappa shape index (κ1) is 21.8. The zero-order valence-electron chi connectivity index (χ0n) is 18.2. The van der Waals surface area contributed by atoms with Crippen LogP contribution in [0.5, 0.6) is 0 Å². The van der Waals surface area contributed by atoms with E-state index < -0.39 is 23.8 Å². The lowest BCUT2D eigenvalue weighted by Crippen LogP contribution is -2.54. The predicted molar refractivity (Wildman–Crippen MR) is 122 cm³/mol. The van der Waals surface area contributed by atoms with Gasteiger partial charge in [0.05, 0.1) is 16.9 Å². The Balaban J connectivity index is 1.79. The van der Waals surface area contributed by atoms with Crippen LogP contribution in [0.1, 0.15) is 32.9 Å². The molecule has 3 aromatic rings. The molecule has 0 atom stereocenters. The largest absolute Gasteiger partial charge is 0.478 e. The van der Waals surface area contributed by atoms with Crippen LogP contribution in [0.15, 0.2) is 60.2 Å². The highest BCUT2D eigenvalue weighted by molar-refractivity contribution is 6.39. The van der Waals surface area contributed by atoms with Gasteiger partial charge in [0.2, 0.25) is 0 Å². The summed E-state index contributed by atoms with van der Waals surface area (Å²) in [6.07, 6.45) is 1.42. The first-order valence-electron chi connectivity index (χ1n) is 10.2. The molecule has 4 rings (SSSR count). The standard InChI is InChI=1S/C25H21N3O5/c1-14-8-10-18(11-9-14)28-23(30)20(22(29)26-25(28)33)13-17-12-15(2)27(16(17)3)21-7-5-4-6-19(21)24(31)32/h4-13H,1-3H3,(H,31,32)(H,26,29,33)/b20-13+. The number of aromatic carboxylic acids is 1. The molecule has 1 aliphatic heterocycles. The summed E-state index contributed by atoms with van der Waals surface area (Å²) in [5, 5.41) is 11.8. The first-order valence-corrected chi connectivity index (χ1v) is 10.2. The van der Waals surface area contributed by atoms with Gasteiger partial charge in [0.25, 0.3) is 11.8 Å². The molecule has 0 spiro atoms. The number of aryl methyl sites for hydroxylation is 2. The first-order chi connectivity index (χ1) is 15.7. The molecular weight excluding hydrogens is 422 g/mol. The number of imide groups is 2. The van der Waals surface area contributed by atoms with E-state index in [9.17, 15) is 24.3 Å². The van der Waals surface area contributed by atoms with Crippen molar-refractivity contribution in [1.29, 1.82) is 0 Å². The molecule has 4 amide bonds. The van der Waals surface area contributed by atoms with Gasteiger partial charge in [-0.05, 0) is 62.7 Å². The van der Waals surface area contributed by atoms with E-state index in [4.69, 9.17) is 0 Å². The number of para-hydroxylation sites is 1. The normalized spacial score (nSPS) is 15.2. The molecule has 1 saturated heterocycles. The highest BCUT2D eigenvalue weighted by Crippen LogP contribution is 2.27. The molecule has 8 nitrogen and oxygen atoms in total. The molecule has 2 N–H and O–H groups in total. The molecule has 0 radical (unpaired) electrons. The number of benzene rings is 2. The van der Waals surface area contributed by atoms with E-state index in [0.29, 0.717) is 22.6 Å². The molecule has 166 valence electrons. The van der Waals surface area contributed by atoms with Crippen molar-refractivity contribution >= 4 is 35.6 Å². The summed E-state index contributed by atoms with van der Waals surface area (Å²) < 4.78 is 1.75. The van der Waals surface area contributed by atoms with Gasteiger partial charge in [-0.1, -0.05) is 29.8 Å². The Kier molecular flexibility index (Phi) is 5.43. The van der Waals surface area contributed by atoms with Gasteiger partial charge >= 0.3 is 12.0 Å². The third kappa shape index (κ3) is 3.82. The number of carboxylic acid groups (broad SMARTS) is 1. The number of hydrogen-bond acceptors (Lipinski definition) is 4. The fourth-order valence-electron chi connectivity index (χ4n) is 3.90. The van der Waals surface area contributed by atoms with Crippen molar-refractivity contribution < 1.29 is 24.3 Å².